The van der Waals surface area contributed by atoms with Crippen molar-refractivity contribution in [3.05, 3.63) is 99.0 Å². The molecular formula is C27H23Cl2NO5. The molecule has 8 heteroatoms. The van der Waals surface area contributed by atoms with Gasteiger partial charge in [0.05, 0.1) is 30.4 Å². The van der Waals surface area contributed by atoms with Gasteiger partial charge >= 0.3 is 0 Å². The highest BCUT2D eigenvalue weighted by Gasteiger charge is 2.46. The van der Waals surface area contributed by atoms with Gasteiger partial charge < -0.3 is 19.5 Å². The van der Waals surface area contributed by atoms with Gasteiger partial charge in [-0.3, -0.25) is 9.59 Å². The molecule has 0 bridgehead atoms. The fourth-order valence-corrected chi connectivity index (χ4v) is 4.38. The maximum atomic E-state index is 13.3. The van der Waals surface area contributed by atoms with E-state index in [0.717, 1.165) is 5.56 Å². The second-order valence-corrected chi connectivity index (χ2v) is 8.74. The van der Waals surface area contributed by atoms with Crippen molar-refractivity contribution in [2.75, 3.05) is 13.7 Å². The minimum atomic E-state index is -0.846. The number of ether oxygens (including phenoxy) is 2. The predicted molar refractivity (Wildman–Crippen MR) is 135 cm³/mol. The number of carbonyl (C=O) groups is 2. The number of hydrogen-bond acceptors (Lipinski definition) is 5. The molecule has 1 amide bonds. The highest BCUT2D eigenvalue weighted by atomic mass is 35.5. The molecule has 1 aliphatic rings. The number of hydrogen-bond donors (Lipinski definition) is 1. The Morgan fingerprint density at radius 3 is 2.26 bits per heavy atom. The zero-order chi connectivity index (χ0) is 25.1. The fourth-order valence-electron chi connectivity index (χ4n) is 4.05. The highest BCUT2D eigenvalue weighted by Crippen LogP contribution is 2.42. The van der Waals surface area contributed by atoms with Crippen LogP contribution in [-0.4, -0.2) is 35.4 Å². The topological polar surface area (TPSA) is 76.1 Å². The first-order valence-corrected chi connectivity index (χ1v) is 11.7. The summed E-state index contributed by atoms with van der Waals surface area (Å²) in [6.07, 6.45) is 0. The standard InChI is InChI=1S/C27H23Cl2NO5/c1-3-35-20-12-13-22(29)21(14-20)25(31)23-24(17-6-8-18(28)9-7-17)30(27(33)26(23)32)15-16-4-10-19(34-2)11-5-16/h4-14,24,31H,3,15H2,1-2H3/b25-23+. The average Bonchev–Trinajstić information content (AvgIpc) is 3.11. The van der Waals surface area contributed by atoms with Gasteiger partial charge in [-0.05, 0) is 60.5 Å². The van der Waals surface area contributed by atoms with E-state index in [2.05, 4.69) is 0 Å². The summed E-state index contributed by atoms with van der Waals surface area (Å²) in [5.41, 5.74) is 1.57. The zero-order valence-electron chi connectivity index (χ0n) is 19.1. The number of aliphatic hydroxyl groups excluding tert-OH is 1. The number of likely N-dealkylation sites (tertiary alicyclic amines) is 1. The van der Waals surface area contributed by atoms with E-state index < -0.39 is 17.7 Å². The Morgan fingerprint density at radius 1 is 0.971 bits per heavy atom. The molecule has 0 saturated carbocycles. The number of Topliss-reactive ketones (excluding diaryl/α,β-unsaturated/α-hetero) is 1. The first-order chi connectivity index (χ1) is 16.8. The van der Waals surface area contributed by atoms with Gasteiger partial charge in [0.15, 0.2) is 0 Å². The van der Waals surface area contributed by atoms with Crippen LogP contribution in [0, 0.1) is 0 Å². The van der Waals surface area contributed by atoms with Crippen LogP contribution < -0.4 is 9.47 Å². The van der Waals surface area contributed by atoms with Crippen molar-refractivity contribution in [3.63, 3.8) is 0 Å². The minimum absolute atomic E-state index is 0.0543. The van der Waals surface area contributed by atoms with E-state index in [0.29, 0.717) is 28.7 Å². The molecule has 3 aromatic carbocycles. The maximum absolute atomic E-state index is 13.3. The van der Waals surface area contributed by atoms with Crippen LogP contribution in [0.5, 0.6) is 11.5 Å². The molecule has 3 aromatic rings. The van der Waals surface area contributed by atoms with Crippen LogP contribution in [0.25, 0.3) is 5.76 Å². The van der Waals surface area contributed by atoms with Crippen molar-refractivity contribution in [1.82, 2.24) is 4.90 Å². The summed E-state index contributed by atoms with van der Waals surface area (Å²) < 4.78 is 10.7. The molecule has 1 saturated heterocycles. The molecule has 1 fully saturated rings. The number of aliphatic hydroxyl groups is 1. The number of benzene rings is 3. The monoisotopic (exact) mass is 511 g/mol. The lowest BCUT2D eigenvalue weighted by atomic mass is 9.95. The summed E-state index contributed by atoms with van der Waals surface area (Å²) in [7, 11) is 1.57. The number of ketones is 1. The fraction of sp³-hybridized carbons (Fsp3) is 0.185. The third-order valence-electron chi connectivity index (χ3n) is 5.74. The van der Waals surface area contributed by atoms with Gasteiger partial charge in [0.1, 0.15) is 17.3 Å². The van der Waals surface area contributed by atoms with Crippen molar-refractivity contribution in [2.24, 2.45) is 0 Å². The van der Waals surface area contributed by atoms with Crippen molar-refractivity contribution in [3.8, 4) is 11.5 Å². The SMILES string of the molecule is CCOc1ccc(Cl)c(/C(O)=C2\C(=O)C(=O)N(Cc3ccc(OC)cc3)C2c2ccc(Cl)cc2)c1. The number of rotatable bonds is 7. The minimum Gasteiger partial charge on any atom is -0.507 e. The summed E-state index contributed by atoms with van der Waals surface area (Å²) in [5, 5.41) is 12.0. The molecule has 1 atom stereocenters. The van der Waals surface area contributed by atoms with Gasteiger partial charge in [0.2, 0.25) is 0 Å². The van der Waals surface area contributed by atoms with Gasteiger partial charge in [-0.2, -0.15) is 0 Å². The molecule has 180 valence electrons. The van der Waals surface area contributed by atoms with Crippen molar-refractivity contribution < 1.29 is 24.2 Å². The van der Waals surface area contributed by atoms with Gasteiger partial charge in [-0.15, -0.1) is 0 Å². The van der Waals surface area contributed by atoms with Crippen molar-refractivity contribution in [2.45, 2.75) is 19.5 Å². The molecule has 0 aliphatic carbocycles. The lowest BCUT2D eigenvalue weighted by Gasteiger charge is -2.25. The van der Waals surface area contributed by atoms with Crippen LogP contribution in [0.2, 0.25) is 10.0 Å². The molecule has 1 unspecified atom stereocenters. The lowest BCUT2D eigenvalue weighted by molar-refractivity contribution is -0.140. The Labute approximate surface area is 213 Å². The van der Waals surface area contributed by atoms with Crippen LogP contribution in [0.3, 0.4) is 0 Å². The van der Waals surface area contributed by atoms with E-state index >= 15 is 0 Å². The number of nitrogens with zero attached hydrogens (tertiary/aromatic N) is 1. The van der Waals surface area contributed by atoms with Crippen LogP contribution in [-0.2, 0) is 16.1 Å². The summed E-state index contributed by atoms with van der Waals surface area (Å²) in [6.45, 7) is 2.39. The molecular weight excluding hydrogens is 489 g/mol. The normalized spacial score (nSPS) is 17.0. The highest BCUT2D eigenvalue weighted by molar-refractivity contribution is 6.47. The molecule has 1 N–H and O–H groups in total. The summed E-state index contributed by atoms with van der Waals surface area (Å²) in [4.78, 5) is 27.9. The van der Waals surface area contributed by atoms with Crippen LogP contribution in [0.4, 0.5) is 0 Å². The third-order valence-corrected chi connectivity index (χ3v) is 6.32. The summed E-state index contributed by atoms with van der Waals surface area (Å²) in [5.74, 6) is -0.733. The lowest BCUT2D eigenvalue weighted by Crippen LogP contribution is -2.29. The van der Waals surface area contributed by atoms with E-state index in [1.807, 2.05) is 19.1 Å². The van der Waals surface area contributed by atoms with E-state index in [4.69, 9.17) is 32.7 Å². The van der Waals surface area contributed by atoms with E-state index in [-0.39, 0.29) is 28.5 Å². The van der Waals surface area contributed by atoms with Gasteiger partial charge in [-0.25, -0.2) is 0 Å². The molecule has 6 nitrogen and oxygen atoms in total. The Bertz CT molecular complexity index is 1290. The molecule has 0 radical (unpaired) electrons. The van der Waals surface area contributed by atoms with Crippen LogP contribution >= 0.6 is 23.2 Å². The van der Waals surface area contributed by atoms with Crippen LogP contribution in [0.15, 0.2) is 72.3 Å². The third kappa shape index (κ3) is 4.99. The first-order valence-electron chi connectivity index (χ1n) is 10.9. The molecule has 1 heterocycles. The smallest absolute Gasteiger partial charge is 0.295 e. The number of carbonyl (C=O) groups excluding carboxylic acids is 2. The largest absolute Gasteiger partial charge is 0.507 e. The molecule has 1 aliphatic heterocycles. The molecule has 0 aromatic heterocycles. The first kappa shape index (κ1) is 24.6. The van der Waals surface area contributed by atoms with E-state index in [1.54, 1.807) is 61.7 Å². The second-order valence-electron chi connectivity index (χ2n) is 7.90. The van der Waals surface area contributed by atoms with Gasteiger partial charge in [-0.1, -0.05) is 47.5 Å². The van der Waals surface area contributed by atoms with E-state index in [1.165, 1.54) is 4.90 Å². The zero-order valence-corrected chi connectivity index (χ0v) is 20.6. The number of halogens is 2. The van der Waals surface area contributed by atoms with E-state index in [9.17, 15) is 14.7 Å². The average molecular weight is 512 g/mol. The number of methoxy groups -OCH3 is 1. The summed E-state index contributed by atoms with van der Waals surface area (Å²) >= 11 is 12.5. The molecule has 4 rings (SSSR count). The number of amides is 1. The van der Waals surface area contributed by atoms with Crippen molar-refractivity contribution >= 4 is 40.7 Å². The molecule has 35 heavy (non-hydrogen) atoms. The predicted octanol–water partition coefficient (Wildman–Crippen LogP) is 6.02. The van der Waals surface area contributed by atoms with Gasteiger partial charge in [0.25, 0.3) is 11.7 Å². The Morgan fingerprint density at radius 2 is 1.63 bits per heavy atom. The summed E-state index contributed by atoms with van der Waals surface area (Å²) in [6, 6.07) is 18.0. The van der Waals surface area contributed by atoms with Gasteiger partial charge in [0, 0.05) is 17.1 Å². The quantitative estimate of drug-likeness (QED) is 0.238. The molecule has 0 spiro atoms. The van der Waals surface area contributed by atoms with Crippen LogP contribution in [0.1, 0.15) is 29.7 Å². The Hall–Kier alpha value is -3.48. The maximum Gasteiger partial charge on any atom is 0.295 e. The Kier molecular flexibility index (Phi) is 7.34. The Balaban J connectivity index is 1.85. The van der Waals surface area contributed by atoms with Crippen molar-refractivity contribution in [1.29, 1.82) is 0 Å². The second kappa shape index (κ2) is 10.4.